The van der Waals surface area contributed by atoms with Gasteiger partial charge in [-0.15, -0.1) is 0 Å². The summed E-state index contributed by atoms with van der Waals surface area (Å²) in [6.45, 7) is 0. The SMILES string of the molecule is N.O.O.O=S(=O)(O)O.[Cl][Ca][Cl]. The number of rotatable bonds is 0. The minimum atomic E-state index is -4.67. The second-order valence-corrected chi connectivity index (χ2v) is 5.09. The average molecular weight is 262 g/mol. The van der Waals surface area contributed by atoms with E-state index in [0.717, 1.165) is 0 Å². The number of hydrogen-bond acceptors (Lipinski definition) is 3. The summed E-state index contributed by atoms with van der Waals surface area (Å²) in [7, 11) is -4.67. The molecule has 0 aliphatic rings. The Labute approximate surface area is 87.6 Å². The summed E-state index contributed by atoms with van der Waals surface area (Å²) in [5, 5.41) is 0. The van der Waals surface area contributed by atoms with Crippen LogP contribution in [0.1, 0.15) is 0 Å². The van der Waals surface area contributed by atoms with Crippen molar-refractivity contribution in [1.29, 1.82) is 0 Å². The monoisotopic (exact) mass is 261 g/mol. The van der Waals surface area contributed by atoms with E-state index in [1.807, 2.05) is 0 Å². The topological polar surface area (TPSA) is 173 Å². The molecule has 0 aliphatic heterocycles. The summed E-state index contributed by atoms with van der Waals surface area (Å²) in [6.07, 6.45) is 9.90. The van der Waals surface area contributed by atoms with E-state index in [-0.39, 0.29) is 17.1 Å². The van der Waals surface area contributed by atoms with Crippen molar-refractivity contribution < 1.29 is 28.5 Å². The van der Waals surface area contributed by atoms with Crippen LogP contribution in [0, 0.1) is 0 Å². The van der Waals surface area contributed by atoms with Crippen LogP contribution < -0.4 is 6.15 Å². The van der Waals surface area contributed by atoms with Gasteiger partial charge in [-0.3, -0.25) is 9.11 Å². The zero-order valence-corrected chi connectivity index (χ0v) is 9.83. The van der Waals surface area contributed by atoms with Gasteiger partial charge in [-0.1, -0.05) is 0 Å². The van der Waals surface area contributed by atoms with Gasteiger partial charge in [0.05, 0.1) is 0 Å². The summed E-state index contributed by atoms with van der Waals surface area (Å²) >= 11 is -0.931. The second kappa shape index (κ2) is 17.6. The van der Waals surface area contributed by atoms with E-state index >= 15 is 0 Å². The van der Waals surface area contributed by atoms with E-state index in [0.29, 0.717) is 0 Å². The van der Waals surface area contributed by atoms with E-state index < -0.39 is 41.2 Å². The first kappa shape index (κ1) is 29.4. The van der Waals surface area contributed by atoms with Gasteiger partial charge in [0, 0.05) is 0 Å². The molecule has 0 bridgehead atoms. The van der Waals surface area contributed by atoms with Crippen LogP contribution in [0.3, 0.4) is 0 Å². The summed E-state index contributed by atoms with van der Waals surface area (Å²) in [5.41, 5.74) is 0. The van der Waals surface area contributed by atoms with Crippen LogP contribution >= 0.6 is 12.8 Å². The molecule has 0 heterocycles. The van der Waals surface area contributed by atoms with Gasteiger partial charge in [0.1, 0.15) is 0 Å². The number of halogens is 2. The molecule has 0 saturated carbocycles. The molecule has 0 amide bonds. The molecule has 0 atom stereocenters. The molecule has 0 aromatic carbocycles. The molecule has 9 N–H and O–H groups in total. The van der Waals surface area contributed by atoms with Gasteiger partial charge in [0.15, 0.2) is 0 Å². The normalized spacial score (nSPS) is 6.18. The van der Waals surface area contributed by atoms with Gasteiger partial charge in [-0.05, 0) is 0 Å². The zero-order chi connectivity index (χ0) is 7.21. The molecule has 0 aliphatic carbocycles. The van der Waals surface area contributed by atoms with Crippen molar-refractivity contribution in [3.63, 3.8) is 0 Å². The van der Waals surface area contributed by atoms with Crippen molar-refractivity contribution in [2.75, 3.05) is 0 Å². The first-order valence-corrected chi connectivity index (χ1v) is 8.71. The van der Waals surface area contributed by atoms with Crippen LogP contribution in [-0.4, -0.2) is 59.3 Å². The van der Waals surface area contributed by atoms with Crippen molar-refractivity contribution in [3.05, 3.63) is 0 Å². The fourth-order valence-corrected chi connectivity index (χ4v) is 0. The molecule has 0 saturated heterocycles. The predicted octanol–water partition coefficient (Wildman–Crippen LogP) is -1.14. The van der Waals surface area contributed by atoms with Crippen LogP contribution in [0.15, 0.2) is 0 Å². The average Bonchev–Trinajstić information content (AvgIpc) is 1.27. The van der Waals surface area contributed by atoms with Crippen molar-refractivity contribution in [3.8, 4) is 0 Å². The molecule has 72 valence electrons. The molecular weight excluding hydrogens is 253 g/mol. The molecule has 0 aromatic rings. The standard InChI is InChI=1S/Ca.2ClH.H3N.H2O4S.2H2O/c;;;;1-5(2,3)4;;/h;2*1H;1H3;(H2,1,2,3,4);2*1H2/q+2;;;;;;/p-2. The van der Waals surface area contributed by atoms with Gasteiger partial charge < -0.3 is 17.1 Å². The Morgan fingerprint density at radius 1 is 1.09 bits per heavy atom. The molecule has 0 radical (unpaired) electrons. The molecule has 7 nitrogen and oxygen atoms in total. The first-order chi connectivity index (χ1) is 3.41. The van der Waals surface area contributed by atoms with Gasteiger partial charge in [-0.25, -0.2) is 0 Å². The molecule has 0 fully saturated rings. The third-order valence-electron chi connectivity index (χ3n) is 0. The molecule has 0 unspecified atom stereocenters. The quantitative estimate of drug-likeness (QED) is 0.369. The van der Waals surface area contributed by atoms with Crippen molar-refractivity contribution in [1.82, 2.24) is 6.15 Å². The van der Waals surface area contributed by atoms with Gasteiger partial charge in [0.25, 0.3) is 0 Å². The summed E-state index contributed by atoms with van der Waals surface area (Å²) in [4.78, 5) is 0. The molecule has 0 rings (SSSR count). The molecule has 0 spiro atoms. The van der Waals surface area contributed by atoms with E-state index in [4.69, 9.17) is 30.3 Å². The Kier molecular flexibility index (Phi) is 47.0. The fraction of sp³-hybridized carbons (Fsp3) is 0. The zero-order valence-electron chi connectivity index (χ0n) is 5.29. The fourth-order valence-electron chi connectivity index (χ4n) is 0. The maximum absolute atomic E-state index is 8.74. The summed E-state index contributed by atoms with van der Waals surface area (Å²) < 4.78 is 31.6. The third-order valence-corrected chi connectivity index (χ3v) is 0. The molecule has 11 heteroatoms. The predicted molar refractivity (Wildman–Crippen MR) is 43.9 cm³/mol. The van der Waals surface area contributed by atoms with Gasteiger partial charge in [0.2, 0.25) is 0 Å². The number of hydrogen-bond donors (Lipinski definition) is 3. The van der Waals surface area contributed by atoms with E-state index in [1.54, 1.807) is 0 Å². The Morgan fingerprint density at radius 3 is 1.09 bits per heavy atom. The first-order valence-electron chi connectivity index (χ1n) is 1.23. The van der Waals surface area contributed by atoms with E-state index in [2.05, 4.69) is 0 Å². The Balaban J connectivity index is -0.0000000183. The van der Waals surface area contributed by atoms with Crippen molar-refractivity contribution >= 4 is 54.0 Å². The second-order valence-electron chi connectivity index (χ2n) is 0.549. The van der Waals surface area contributed by atoms with Crippen molar-refractivity contribution in [2.45, 2.75) is 0 Å². The van der Waals surface area contributed by atoms with Gasteiger partial charge >= 0.3 is 54.0 Å². The Hall–Kier alpha value is 1.59. The molecule has 11 heavy (non-hydrogen) atoms. The van der Waals surface area contributed by atoms with Gasteiger partial charge in [-0.2, -0.15) is 8.42 Å². The summed E-state index contributed by atoms with van der Waals surface area (Å²) in [5.74, 6) is 0. The Bertz CT molecular complexity index is 115. The van der Waals surface area contributed by atoms with Crippen LogP contribution in [0.25, 0.3) is 0 Å². The van der Waals surface area contributed by atoms with Crippen molar-refractivity contribution in [2.24, 2.45) is 0 Å². The molecule has 0 aromatic heterocycles. The third kappa shape index (κ3) is 422. The van der Waals surface area contributed by atoms with Crippen LogP contribution in [0.4, 0.5) is 0 Å². The van der Waals surface area contributed by atoms with Crippen LogP contribution in [0.5, 0.6) is 0 Å². The maximum atomic E-state index is 8.74. The minimum absolute atomic E-state index is 0. The van der Waals surface area contributed by atoms with Crippen LogP contribution in [-0.2, 0) is 10.4 Å². The summed E-state index contributed by atoms with van der Waals surface area (Å²) in [6, 6.07) is 0. The van der Waals surface area contributed by atoms with Crippen LogP contribution in [0.2, 0.25) is 0 Å². The Morgan fingerprint density at radius 2 is 1.09 bits per heavy atom. The molecular formula is H9CaCl2NO6S. The van der Waals surface area contributed by atoms with E-state index in [1.165, 1.54) is 0 Å². The van der Waals surface area contributed by atoms with E-state index in [9.17, 15) is 0 Å².